The number of para-hydroxylation sites is 2. The van der Waals surface area contributed by atoms with E-state index in [4.69, 9.17) is 30.0 Å². The quantitative estimate of drug-likeness (QED) is 0.162. The molecule has 1 amide bonds. The SMILES string of the molecule is CC1CC(C)O[P](O)(Cc2ccc(NC(=O)CCCc3oc(-n4cnc5ccccc54)nc3-c3ccc(Cl)cc3)cc2)O1. The molecule has 43 heavy (non-hydrogen) atoms. The summed E-state index contributed by atoms with van der Waals surface area (Å²) in [5, 5.41) is 3.59. The normalized spacial score (nSPS) is 20.4. The van der Waals surface area contributed by atoms with Crippen molar-refractivity contribution in [3.8, 4) is 17.3 Å². The van der Waals surface area contributed by atoms with Crippen LogP contribution < -0.4 is 5.32 Å². The lowest BCUT2D eigenvalue weighted by atomic mass is 10.1. The molecule has 1 saturated heterocycles. The van der Waals surface area contributed by atoms with Crippen LogP contribution >= 0.6 is 19.5 Å². The van der Waals surface area contributed by atoms with E-state index in [2.05, 4.69) is 10.3 Å². The number of hydrogen-bond acceptors (Lipinski definition) is 7. The molecular weight excluding hydrogens is 587 g/mol. The summed E-state index contributed by atoms with van der Waals surface area (Å²) in [6.45, 7) is 3.90. The molecule has 2 aromatic heterocycles. The summed E-state index contributed by atoms with van der Waals surface area (Å²) < 4.78 is 19.6. The van der Waals surface area contributed by atoms with Gasteiger partial charge in [-0.1, -0.05) is 48.0 Å². The Hall–Kier alpha value is -3.59. The minimum absolute atomic E-state index is 0.0442. The molecule has 3 heterocycles. The summed E-state index contributed by atoms with van der Waals surface area (Å²) in [4.78, 5) is 32.9. The van der Waals surface area contributed by atoms with E-state index in [0.717, 1.165) is 28.6 Å². The molecule has 9 nitrogen and oxygen atoms in total. The first-order valence-electron chi connectivity index (χ1n) is 14.3. The van der Waals surface area contributed by atoms with E-state index < -0.39 is 7.94 Å². The Bertz CT molecular complexity index is 1710. The Kier molecular flexibility index (Phi) is 8.61. The lowest BCUT2D eigenvalue weighted by Gasteiger charge is -2.39. The van der Waals surface area contributed by atoms with Crippen molar-refractivity contribution < 1.29 is 23.2 Å². The Balaban J connectivity index is 1.10. The van der Waals surface area contributed by atoms with Crippen LogP contribution in [0, 0.1) is 0 Å². The predicted molar refractivity (Wildman–Crippen MR) is 168 cm³/mol. The zero-order chi connectivity index (χ0) is 30.0. The van der Waals surface area contributed by atoms with Gasteiger partial charge in [-0.25, -0.2) is 4.98 Å². The van der Waals surface area contributed by atoms with Gasteiger partial charge >= 0.3 is 6.01 Å². The topological polar surface area (TPSA) is 112 Å². The van der Waals surface area contributed by atoms with Gasteiger partial charge in [-0.2, -0.15) is 4.98 Å². The van der Waals surface area contributed by atoms with Crippen LogP contribution in [0.15, 0.2) is 83.5 Å². The highest BCUT2D eigenvalue weighted by Crippen LogP contribution is 2.64. The van der Waals surface area contributed by atoms with Gasteiger partial charge in [0.15, 0.2) is 0 Å². The largest absolute Gasteiger partial charge is 0.427 e. The standard InChI is InChI=1S/C32H33ClN4O5P/c1-21-18-22(2)42-43(39,41-21)19-23-10-16-26(17-11-23)35-30(38)9-5-8-29-31(24-12-14-25(33)15-13-24)36-32(40-29)37-20-34-27-6-3-4-7-28(27)37/h3-4,6-7,10-17,20-22,39H,5,8-9,18-19H2,1-2H3,(H,35,38). The van der Waals surface area contributed by atoms with Crippen LogP contribution in [0.3, 0.4) is 0 Å². The van der Waals surface area contributed by atoms with Crippen molar-refractivity contribution in [2.45, 2.75) is 57.9 Å². The number of carbonyl (C=O) groups excluding carboxylic acids is 1. The first-order valence-corrected chi connectivity index (χ1v) is 16.4. The summed E-state index contributed by atoms with van der Waals surface area (Å²) in [7, 11) is -2.95. The molecule has 2 unspecified atom stereocenters. The second kappa shape index (κ2) is 12.6. The summed E-state index contributed by atoms with van der Waals surface area (Å²) >= 11 is 6.12. The van der Waals surface area contributed by atoms with Crippen LogP contribution in [-0.4, -0.2) is 37.5 Å². The van der Waals surface area contributed by atoms with Gasteiger partial charge in [-0.15, -0.1) is 0 Å². The number of halogens is 1. The second-order valence-corrected chi connectivity index (χ2v) is 13.3. The third kappa shape index (κ3) is 6.98. The Morgan fingerprint density at radius 1 is 1.05 bits per heavy atom. The average molecular weight is 620 g/mol. The van der Waals surface area contributed by atoms with Crippen molar-refractivity contribution in [3.05, 3.63) is 95.5 Å². The maximum absolute atomic E-state index is 12.8. The smallest absolute Gasteiger partial charge is 0.308 e. The van der Waals surface area contributed by atoms with E-state index in [1.807, 2.05) is 91.2 Å². The molecule has 2 atom stereocenters. The maximum Gasteiger partial charge on any atom is 0.308 e. The average Bonchev–Trinajstić information content (AvgIpc) is 3.58. The van der Waals surface area contributed by atoms with Crippen LogP contribution in [0.5, 0.6) is 0 Å². The molecule has 0 aliphatic carbocycles. The lowest BCUT2D eigenvalue weighted by Crippen LogP contribution is -2.27. The lowest BCUT2D eigenvalue weighted by molar-refractivity contribution is -0.116. The van der Waals surface area contributed by atoms with Crippen LogP contribution in [0.4, 0.5) is 5.69 Å². The fourth-order valence-corrected chi connectivity index (χ4v) is 7.62. The number of aromatic nitrogens is 3. The monoisotopic (exact) mass is 619 g/mol. The van der Waals surface area contributed by atoms with Crippen molar-refractivity contribution in [3.63, 3.8) is 0 Å². The van der Waals surface area contributed by atoms with E-state index in [9.17, 15) is 9.69 Å². The molecule has 0 spiro atoms. The molecule has 223 valence electrons. The van der Waals surface area contributed by atoms with Crippen molar-refractivity contribution in [2.75, 3.05) is 5.32 Å². The van der Waals surface area contributed by atoms with Crippen LogP contribution in [0.25, 0.3) is 28.3 Å². The number of imidazole rings is 1. The number of oxazole rings is 1. The van der Waals surface area contributed by atoms with Gasteiger partial charge in [0.1, 0.15) is 17.8 Å². The minimum Gasteiger partial charge on any atom is -0.427 e. The van der Waals surface area contributed by atoms with Gasteiger partial charge in [0.05, 0.1) is 29.4 Å². The molecule has 1 fully saturated rings. The second-order valence-electron chi connectivity index (χ2n) is 10.8. The number of rotatable bonds is 9. The molecule has 1 aliphatic heterocycles. The Morgan fingerprint density at radius 2 is 1.77 bits per heavy atom. The van der Waals surface area contributed by atoms with Crippen LogP contribution in [0.1, 0.15) is 44.4 Å². The number of carbonyl (C=O) groups is 1. The van der Waals surface area contributed by atoms with E-state index >= 15 is 0 Å². The number of nitrogens with one attached hydrogen (secondary N) is 1. The summed E-state index contributed by atoms with van der Waals surface area (Å²) in [5.41, 5.74) is 4.89. The number of amides is 1. The third-order valence-electron chi connectivity index (χ3n) is 7.24. The maximum atomic E-state index is 12.8. The van der Waals surface area contributed by atoms with Gasteiger partial charge in [-0.3, -0.25) is 9.36 Å². The van der Waals surface area contributed by atoms with Crippen molar-refractivity contribution in [1.82, 2.24) is 14.5 Å². The van der Waals surface area contributed by atoms with Crippen molar-refractivity contribution in [1.29, 1.82) is 0 Å². The highest BCUT2D eigenvalue weighted by Gasteiger charge is 2.37. The number of nitrogens with zero attached hydrogens (tertiary/aromatic N) is 3. The van der Waals surface area contributed by atoms with Gasteiger partial charge in [0.2, 0.25) is 13.9 Å². The summed E-state index contributed by atoms with van der Waals surface area (Å²) in [6, 6.07) is 23.1. The van der Waals surface area contributed by atoms with Gasteiger partial charge in [-0.05, 0) is 62.2 Å². The molecule has 1 aliphatic rings. The van der Waals surface area contributed by atoms with E-state index in [0.29, 0.717) is 53.6 Å². The van der Waals surface area contributed by atoms with Gasteiger partial charge < -0.3 is 23.7 Å². The highest BCUT2D eigenvalue weighted by atomic mass is 35.5. The first-order chi connectivity index (χ1) is 20.7. The zero-order valence-electron chi connectivity index (χ0n) is 23.9. The predicted octanol–water partition coefficient (Wildman–Crippen LogP) is 7.76. The molecule has 0 saturated carbocycles. The van der Waals surface area contributed by atoms with Gasteiger partial charge in [0.25, 0.3) is 0 Å². The number of hydrogen-bond donors (Lipinski definition) is 2. The number of anilines is 1. The van der Waals surface area contributed by atoms with E-state index in [-0.39, 0.29) is 18.1 Å². The molecule has 1 radical (unpaired) electrons. The molecule has 6 rings (SSSR count). The molecular formula is C32H33ClN4O5P. The first kappa shape index (κ1) is 29.5. The summed E-state index contributed by atoms with van der Waals surface area (Å²) in [6.07, 6.45) is 4.05. The highest BCUT2D eigenvalue weighted by molar-refractivity contribution is 7.59. The number of fused-ring (bicyclic) bond motifs is 1. The van der Waals surface area contributed by atoms with Crippen molar-refractivity contribution in [2.24, 2.45) is 0 Å². The van der Waals surface area contributed by atoms with Gasteiger partial charge in [0, 0.05) is 35.5 Å². The van der Waals surface area contributed by atoms with E-state index in [1.54, 1.807) is 6.33 Å². The van der Waals surface area contributed by atoms with Crippen LogP contribution in [-0.2, 0) is 26.4 Å². The number of aryl methyl sites for hydroxylation is 1. The molecule has 5 aromatic rings. The minimum atomic E-state index is -2.95. The van der Waals surface area contributed by atoms with Crippen molar-refractivity contribution >= 4 is 42.2 Å². The fourth-order valence-electron chi connectivity index (χ4n) is 5.33. The zero-order valence-corrected chi connectivity index (χ0v) is 25.6. The molecule has 0 bridgehead atoms. The Morgan fingerprint density at radius 3 is 2.51 bits per heavy atom. The molecule has 3 aromatic carbocycles. The third-order valence-corrected chi connectivity index (χ3v) is 9.64. The van der Waals surface area contributed by atoms with E-state index in [1.165, 1.54) is 0 Å². The fraction of sp³-hybridized carbons (Fsp3) is 0.281. The molecule has 11 heteroatoms. The molecule has 2 N–H and O–H groups in total. The van der Waals surface area contributed by atoms with Crippen LogP contribution in [0.2, 0.25) is 5.02 Å². The Labute approximate surface area is 255 Å². The number of benzene rings is 3. The summed E-state index contributed by atoms with van der Waals surface area (Å²) in [5.74, 6) is 0.582.